The second-order valence-corrected chi connectivity index (χ2v) is 49.7. The van der Waals surface area contributed by atoms with Crippen LogP contribution in [0.25, 0.3) is 0 Å². The van der Waals surface area contributed by atoms with Crippen molar-refractivity contribution in [3.8, 4) is 0 Å². The average molecular weight is 1540 g/mol. The molecule has 0 amide bonds. The number of nitrogens with two attached hydrogens (primary N) is 2. The molecule has 3 rings (SSSR count). The predicted molar refractivity (Wildman–Crippen MR) is 408 cm³/mol. The van der Waals surface area contributed by atoms with Gasteiger partial charge in [0, 0.05) is 68.3 Å². The molecule has 594 valence electrons. The van der Waals surface area contributed by atoms with Crippen molar-refractivity contribution in [2.75, 3.05) is 112 Å². The standard InChI is InChI=1S/C71H140N6O20Si5/c1-17-89-68(81)44-66(70(83)91-19-3)76(10)61-33-29-59(30-34-61)43-60-31-35-62(36-32-60)77(67(71(84)92-20-4)45-69(82)90-18-2)47-64(80)53-86-39-25-40-98(11,12)94-100(15,16)96-102(65-27-23-22-24-28-65,97-101(21-5,42-37-78)54-93-75-58(9)51-88-49-56(7)73)95-99(13,14)41-26-38-85-52-63(79)46-74-57(8)50-87-48-55(6)72/h22-24,27-28,55-64,66-67,74-75,78-80H,17-21,25-26,29-54,72-73H2,1-16H3. The van der Waals surface area contributed by atoms with Crippen LogP contribution in [0.4, 0.5) is 0 Å². The van der Waals surface area contributed by atoms with E-state index in [0.29, 0.717) is 95.0 Å². The minimum Gasteiger partial charge on any atom is -0.466 e. The number of likely N-dealkylation sites (N-methyl/N-ethyl adjacent to an activating group) is 1. The van der Waals surface area contributed by atoms with E-state index in [0.717, 1.165) is 63.0 Å². The maximum atomic E-state index is 13.9. The second-order valence-electron chi connectivity index (χ2n) is 30.1. The Morgan fingerprint density at radius 2 is 1.07 bits per heavy atom. The number of esters is 4. The summed E-state index contributed by atoms with van der Waals surface area (Å²) in [5, 5.41) is 37.6. The van der Waals surface area contributed by atoms with Crippen LogP contribution in [0, 0.1) is 11.8 Å². The van der Waals surface area contributed by atoms with E-state index in [1.54, 1.807) is 27.7 Å². The lowest BCUT2D eigenvalue weighted by atomic mass is 9.75. The summed E-state index contributed by atoms with van der Waals surface area (Å²) in [5.41, 5.74) is 14.9. The Bertz CT molecular complexity index is 2450. The number of carbonyl (C=O) groups excluding carboxylic acids is 4. The van der Waals surface area contributed by atoms with Crippen molar-refractivity contribution in [1.82, 2.24) is 20.6 Å². The molecule has 2 fully saturated rings. The van der Waals surface area contributed by atoms with Crippen molar-refractivity contribution < 1.29 is 93.7 Å². The minimum atomic E-state index is -4.03. The van der Waals surface area contributed by atoms with E-state index in [1.165, 1.54) is 0 Å². The first-order valence-electron chi connectivity index (χ1n) is 38.2. The fourth-order valence-corrected chi connectivity index (χ4v) is 36.4. The molecule has 0 aliphatic heterocycles. The van der Waals surface area contributed by atoms with Crippen LogP contribution in [0.1, 0.15) is 146 Å². The molecule has 10 unspecified atom stereocenters. The van der Waals surface area contributed by atoms with Crippen LogP contribution in [-0.4, -0.2) is 264 Å². The van der Waals surface area contributed by atoms with Crippen molar-refractivity contribution in [2.45, 2.75) is 270 Å². The van der Waals surface area contributed by atoms with Gasteiger partial charge < -0.3 is 91.3 Å². The number of carbonyl (C=O) groups is 4. The molecule has 1 aromatic carbocycles. The highest BCUT2D eigenvalue weighted by atomic mass is 28.5. The topological polar surface area (TPSA) is 332 Å². The molecule has 10 atom stereocenters. The van der Waals surface area contributed by atoms with Gasteiger partial charge in [-0.05, 0) is 208 Å². The average Bonchev–Trinajstić information content (AvgIpc) is 0.734. The van der Waals surface area contributed by atoms with Gasteiger partial charge in [-0.15, -0.1) is 0 Å². The summed E-state index contributed by atoms with van der Waals surface area (Å²) >= 11 is 0. The maximum Gasteiger partial charge on any atom is 0.507 e. The van der Waals surface area contributed by atoms with Crippen LogP contribution in [0.3, 0.4) is 0 Å². The third-order valence-electron chi connectivity index (χ3n) is 18.7. The first kappa shape index (κ1) is 93.7. The molecule has 0 aromatic heterocycles. The number of aliphatic hydroxyl groups excluding tert-OH is 3. The summed E-state index contributed by atoms with van der Waals surface area (Å²) < 4.78 is 75.7. The van der Waals surface area contributed by atoms with Crippen molar-refractivity contribution in [1.29, 1.82) is 0 Å². The molecule has 0 saturated heterocycles. The Morgan fingerprint density at radius 3 is 1.58 bits per heavy atom. The predicted octanol–water partition coefficient (Wildman–Crippen LogP) is 7.17. The highest BCUT2D eigenvalue weighted by Crippen LogP contribution is 2.39. The summed E-state index contributed by atoms with van der Waals surface area (Å²) in [6.07, 6.45) is 7.81. The van der Waals surface area contributed by atoms with Crippen LogP contribution >= 0.6 is 0 Å². The quantitative estimate of drug-likeness (QED) is 0.0112. The normalized spacial score (nSPS) is 20.7. The number of nitrogens with zero attached hydrogens (tertiary/aromatic N) is 2. The second kappa shape index (κ2) is 49.5. The summed E-state index contributed by atoms with van der Waals surface area (Å²) in [4.78, 5) is 62.9. The molecule has 0 bridgehead atoms. The van der Waals surface area contributed by atoms with Gasteiger partial charge in [0.05, 0.1) is 103 Å². The van der Waals surface area contributed by atoms with Gasteiger partial charge in [0.1, 0.15) is 12.1 Å². The molecule has 0 radical (unpaired) electrons. The lowest BCUT2D eigenvalue weighted by molar-refractivity contribution is -0.158. The zero-order chi connectivity index (χ0) is 75.9. The largest absolute Gasteiger partial charge is 0.507 e. The van der Waals surface area contributed by atoms with Crippen molar-refractivity contribution >= 4 is 71.4 Å². The van der Waals surface area contributed by atoms with Gasteiger partial charge in [-0.25, -0.2) is 0 Å². The minimum absolute atomic E-state index is 0.00103. The monoisotopic (exact) mass is 1540 g/mol. The fourth-order valence-electron chi connectivity index (χ4n) is 13.7. The molecule has 9 N–H and O–H groups in total. The van der Waals surface area contributed by atoms with Gasteiger partial charge in [-0.2, -0.15) is 5.48 Å². The van der Waals surface area contributed by atoms with Crippen molar-refractivity contribution in [3.63, 3.8) is 0 Å². The van der Waals surface area contributed by atoms with Crippen LogP contribution in [0.15, 0.2) is 30.3 Å². The fraction of sp³-hybridized carbons (Fsp3) is 0.859. The SMILES string of the molecule is CCOC(=O)CC(C(=O)OCC)N(C)C1CCC(CC2CCC(N(CC(O)COCCC[Si](C)(C)O[Si](C)(C)O[Si](O[Si](C)(C)CCCOCC(O)CNC(C)COCC(C)N)(O[Si](CC)(CCO)CONC(C)COCC(C)N)c3ccccc3)C(CC(=O)OCC)C(=O)OCC)CC2)CC1. The van der Waals surface area contributed by atoms with Crippen molar-refractivity contribution in [2.24, 2.45) is 23.3 Å². The van der Waals surface area contributed by atoms with E-state index < -0.39 is 90.5 Å². The van der Waals surface area contributed by atoms with Crippen LogP contribution in [0.2, 0.25) is 63.5 Å². The highest BCUT2D eigenvalue weighted by Gasteiger charge is 2.57. The molecule has 2 aliphatic carbocycles. The smallest absolute Gasteiger partial charge is 0.466 e. The van der Waals surface area contributed by atoms with Gasteiger partial charge in [0.25, 0.3) is 0 Å². The Balaban J connectivity index is 1.80. The Kier molecular flexibility index (Phi) is 45.5. The lowest BCUT2D eigenvalue weighted by Crippen LogP contribution is -2.71. The molecule has 102 heavy (non-hydrogen) atoms. The van der Waals surface area contributed by atoms with Gasteiger partial charge in [-0.1, -0.05) is 37.3 Å². The molecule has 0 spiro atoms. The molecule has 2 aliphatic rings. The molecular formula is C71H140N6O20Si5. The molecule has 2 saturated carbocycles. The van der Waals surface area contributed by atoms with Crippen LogP contribution in [-0.2, 0) is 78.4 Å². The third kappa shape index (κ3) is 37.0. The van der Waals surface area contributed by atoms with E-state index in [2.05, 4.69) is 43.9 Å². The molecule has 26 nitrogen and oxygen atoms in total. The number of hydrogen-bond acceptors (Lipinski definition) is 26. The molecule has 0 heterocycles. The van der Waals surface area contributed by atoms with Gasteiger partial charge in [0.15, 0.2) is 16.6 Å². The first-order valence-corrected chi connectivity index (χ1v) is 51.5. The number of ether oxygens (including phenoxy) is 8. The summed E-state index contributed by atoms with van der Waals surface area (Å²) in [5.74, 6) is -0.882. The van der Waals surface area contributed by atoms with E-state index in [4.69, 9.17) is 70.7 Å². The number of nitrogens with one attached hydrogen (secondary N) is 2. The molecule has 1 aromatic rings. The zero-order valence-corrected chi connectivity index (χ0v) is 70.5. The Hall–Kier alpha value is -2.54. The maximum absolute atomic E-state index is 13.9. The number of hydroxylamine groups is 1. The highest BCUT2D eigenvalue weighted by molar-refractivity contribution is 6.97. The Labute approximate surface area is 618 Å². The number of benzene rings is 1. The van der Waals surface area contributed by atoms with E-state index >= 15 is 0 Å². The van der Waals surface area contributed by atoms with Gasteiger partial charge in [0.2, 0.25) is 8.32 Å². The van der Waals surface area contributed by atoms with Gasteiger partial charge in [-0.3, -0.25) is 29.0 Å². The zero-order valence-electron chi connectivity index (χ0n) is 65.5. The van der Waals surface area contributed by atoms with E-state index in [-0.39, 0.29) is 108 Å². The lowest BCUT2D eigenvalue weighted by Gasteiger charge is -2.47. The van der Waals surface area contributed by atoms with E-state index in [1.807, 2.05) is 88.0 Å². The van der Waals surface area contributed by atoms with E-state index in [9.17, 15) is 34.5 Å². The number of hydrogen-bond donors (Lipinski definition) is 7. The summed E-state index contributed by atoms with van der Waals surface area (Å²) in [7, 11) is -13.8. The molecule has 31 heteroatoms. The number of rotatable bonds is 57. The van der Waals surface area contributed by atoms with Gasteiger partial charge >= 0.3 is 41.2 Å². The summed E-state index contributed by atoms with van der Waals surface area (Å²) in [6, 6.07) is 10.3. The first-order chi connectivity index (χ1) is 48.3. The van der Waals surface area contributed by atoms with Crippen LogP contribution in [0.5, 0.6) is 0 Å². The molecular weight excluding hydrogens is 1400 g/mol. The van der Waals surface area contributed by atoms with Crippen molar-refractivity contribution in [3.05, 3.63) is 30.3 Å². The third-order valence-corrected chi connectivity index (χ3v) is 39.2. The summed E-state index contributed by atoms with van der Waals surface area (Å²) in [6.45, 7) is 33.3. The number of aliphatic hydroxyl groups is 3. The Morgan fingerprint density at radius 1 is 0.578 bits per heavy atom. The van der Waals surface area contributed by atoms with Crippen LogP contribution < -0.4 is 27.5 Å².